The highest BCUT2D eigenvalue weighted by Gasteiger charge is 2.06. The normalized spacial score (nSPS) is 8.59. The highest BCUT2D eigenvalue weighted by Crippen LogP contribution is 2.19. The summed E-state index contributed by atoms with van der Waals surface area (Å²) in [5, 5.41) is 0. The molecule has 0 N–H and O–H groups in total. The van der Waals surface area contributed by atoms with Crippen molar-refractivity contribution in [2.24, 2.45) is 5.41 Å². The summed E-state index contributed by atoms with van der Waals surface area (Å²) in [5.74, 6) is 0. The van der Waals surface area contributed by atoms with Crippen molar-refractivity contribution in [1.29, 1.82) is 0 Å². The molecule has 0 atom stereocenters. The van der Waals surface area contributed by atoms with Gasteiger partial charge in [0.25, 0.3) is 0 Å². The maximum Gasteiger partial charge on any atom is 0.0297 e. The van der Waals surface area contributed by atoms with Crippen molar-refractivity contribution < 1.29 is 0 Å². The highest BCUT2D eigenvalue weighted by atomic mass is 14.6. The standard InChI is InChI=1S/C7H14.C6H7N.C2H6.CH4/c1-5-7(3,4)6-2;1-6-3-2-4-7-5-6;1-2;/h5H,1,6H2,2-4H3;2-5H,1H3;1-2H3;1H4. The third kappa shape index (κ3) is 14.9. The molecule has 0 saturated heterocycles. The molecule has 1 heterocycles. The lowest BCUT2D eigenvalue weighted by Crippen LogP contribution is -2.02. The number of aryl methyl sites for hydroxylation is 1. The van der Waals surface area contributed by atoms with Crippen LogP contribution in [-0.4, -0.2) is 4.98 Å². The summed E-state index contributed by atoms with van der Waals surface area (Å²) in [6.07, 6.45) is 6.77. The van der Waals surface area contributed by atoms with Crippen molar-refractivity contribution in [2.75, 3.05) is 0 Å². The molecular weight excluding hydrogens is 206 g/mol. The average molecular weight is 237 g/mol. The lowest BCUT2D eigenvalue weighted by molar-refractivity contribution is 0.463. The van der Waals surface area contributed by atoms with E-state index in [1.165, 1.54) is 12.0 Å². The fraction of sp³-hybridized carbons (Fsp3) is 0.562. The van der Waals surface area contributed by atoms with Crippen LogP contribution in [0.4, 0.5) is 0 Å². The average Bonchev–Trinajstić information content (AvgIpc) is 2.33. The second kappa shape index (κ2) is 13.0. The second-order valence-corrected chi connectivity index (χ2v) is 4.08. The first-order chi connectivity index (χ1) is 7.52. The molecule has 0 amide bonds. The summed E-state index contributed by atoms with van der Waals surface area (Å²) >= 11 is 0. The van der Waals surface area contributed by atoms with Crippen LogP contribution in [0.2, 0.25) is 0 Å². The zero-order valence-corrected chi connectivity index (χ0v) is 11.7. The van der Waals surface area contributed by atoms with E-state index in [0.717, 1.165) is 0 Å². The van der Waals surface area contributed by atoms with Crippen molar-refractivity contribution in [3.05, 3.63) is 42.7 Å². The summed E-state index contributed by atoms with van der Waals surface area (Å²) in [6.45, 7) is 16.3. The molecule has 1 aromatic rings. The Morgan fingerprint density at radius 3 is 2.00 bits per heavy atom. The fourth-order valence-corrected chi connectivity index (χ4v) is 0.592. The third-order valence-electron chi connectivity index (χ3n) is 2.27. The fourth-order valence-electron chi connectivity index (χ4n) is 0.592. The molecule has 0 bridgehead atoms. The molecule has 0 saturated carbocycles. The van der Waals surface area contributed by atoms with E-state index in [2.05, 4.69) is 32.3 Å². The molecule has 0 unspecified atom stereocenters. The van der Waals surface area contributed by atoms with Gasteiger partial charge in [-0.2, -0.15) is 0 Å². The summed E-state index contributed by atoms with van der Waals surface area (Å²) in [5.41, 5.74) is 1.56. The lowest BCUT2D eigenvalue weighted by atomic mass is 9.91. The van der Waals surface area contributed by atoms with Gasteiger partial charge < -0.3 is 0 Å². The summed E-state index contributed by atoms with van der Waals surface area (Å²) in [4.78, 5) is 3.88. The number of nitrogens with zero attached hydrogens (tertiary/aromatic N) is 1. The van der Waals surface area contributed by atoms with Gasteiger partial charge in [0.1, 0.15) is 0 Å². The van der Waals surface area contributed by atoms with Crippen LogP contribution in [0.25, 0.3) is 0 Å². The molecule has 17 heavy (non-hydrogen) atoms. The Morgan fingerprint density at radius 1 is 1.35 bits per heavy atom. The molecule has 0 radical (unpaired) electrons. The van der Waals surface area contributed by atoms with Crippen LogP contribution in [0.1, 0.15) is 54.0 Å². The smallest absolute Gasteiger partial charge is 0.0297 e. The molecule has 1 nitrogen and oxygen atoms in total. The van der Waals surface area contributed by atoms with Gasteiger partial charge in [0.15, 0.2) is 0 Å². The predicted octanol–water partition coefficient (Wildman–Crippen LogP) is 5.66. The van der Waals surface area contributed by atoms with E-state index in [4.69, 9.17) is 0 Å². The molecule has 0 aliphatic heterocycles. The van der Waals surface area contributed by atoms with E-state index in [1.54, 1.807) is 6.20 Å². The molecule has 0 spiro atoms. The molecule has 1 rings (SSSR count). The minimum absolute atomic E-state index is 0. The van der Waals surface area contributed by atoms with E-state index < -0.39 is 0 Å². The quantitative estimate of drug-likeness (QED) is 0.605. The van der Waals surface area contributed by atoms with Gasteiger partial charge in [-0.05, 0) is 30.4 Å². The van der Waals surface area contributed by atoms with E-state index in [0.29, 0.717) is 5.41 Å². The largest absolute Gasteiger partial charge is 0.264 e. The summed E-state index contributed by atoms with van der Waals surface area (Å²) in [6, 6.07) is 3.95. The van der Waals surface area contributed by atoms with Gasteiger partial charge in [0.2, 0.25) is 0 Å². The van der Waals surface area contributed by atoms with Crippen LogP contribution >= 0.6 is 0 Å². The molecule has 1 heteroatoms. The van der Waals surface area contributed by atoms with Gasteiger partial charge in [-0.15, -0.1) is 6.58 Å². The Kier molecular flexibility index (Phi) is 16.2. The van der Waals surface area contributed by atoms with Gasteiger partial charge in [0, 0.05) is 12.4 Å². The molecule has 0 aliphatic rings. The Labute approximate surface area is 109 Å². The van der Waals surface area contributed by atoms with Crippen LogP contribution in [0.3, 0.4) is 0 Å². The Hall–Kier alpha value is -1.11. The van der Waals surface area contributed by atoms with Crippen LogP contribution in [0, 0.1) is 12.3 Å². The highest BCUT2D eigenvalue weighted by molar-refractivity contribution is 5.04. The maximum atomic E-state index is 3.88. The van der Waals surface area contributed by atoms with Crippen LogP contribution in [-0.2, 0) is 0 Å². The molecule has 100 valence electrons. The minimum Gasteiger partial charge on any atom is -0.264 e. The zero-order valence-electron chi connectivity index (χ0n) is 11.7. The molecule has 0 aliphatic carbocycles. The van der Waals surface area contributed by atoms with Crippen molar-refractivity contribution in [2.45, 2.75) is 55.4 Å². The van der Waals surface area contributed by atoms with Gasteiger partial charge in [-0.3, -0.25) is 4.98 Å². The topological polar surface area (TPSA) is 12.9 Å². The van der Waals surface area contributed by atoms with Crippen molar-refractivity contribution in [3.63, 3.8) is 0 Å². The number of rotatable bonds is 2. The molecular formula is C16H31N. The Balaban J connectivity index is -0.000000191. The van der Waals surface area contributed by atoms with Gasteiger partial charge >= 0.3 is 0 Å². The van der Waals surface area contributed by atoms with E-state index in [-0.39, 0.29) is 7.43 Å². The SMILES string of the molecule is C.C=CC(C)(C)CC.CC.Cc1cccnc1. The number of pyridine rings is 1. The first-order valence-corrected chi connectivity index (χ1v) is 6.02. The minimum atomic E-state index is 0. The molecule has 0 fully saturated rings. The Morgan fingerprint density at radius 2 is 1.88 bits per heavy atom. The zero-order chi connectivity index (χ0) is 13.0. The van der Waals surface area contributed by atoms with Crippen molar-refractivity contribution >= 4 is 0 Å². The van der Waals surface area contributed by atoms with Crippen molar-refractivity contribution in [1.82, 2.24) is 4.98 Å². The van der Waals surface area contributed by atoms with Crippen LogP contribution in [0.5, 0.6) is 0 Å². The van der Waals surface area contributed by atoms with Gasteiger partial charge in [-0.1, -0.05) is 54.2 Å². The number of hydrogen-bond donors (Lipinski definition) is 0. The van der Waals surface area contributed by atoms with Crippen molar-refractivity contribution in [3.8, 4) is 0 Å². The lowest BCUT2D eigenvalue weighted by Gasteiger charge is -2.14. The monoisotopic (exact) mass is 237 g/mol. The van der Waals surface area contributed by atoms with E-state index in [1.807, 2.05) is 45.2 Å². The van der Waals surface area contributed by atoms with E-state index in [9.17, 15) is 0 Å². The molecule has 1 aromatic heterocycles. The summed E-state index contributed by atoms with van der Waals surface area (Å²) in [7, 11) is 0. The first-order valence-electron chi connectivity index (χ1n) is 6.02. The first kappa shape index (κ1) is 21.2. The second-order valence-electron chi connectivity index (χ2n) is 4.08. The summed E-state index contributed by atoms with van der Waals surface area (Å²) < 4.78 is 0. The predicted molar refractivity (Wildman–Crippen MR) is 81.3 cm³/mol. The van der Waals surface area contributed by atoms with Crippen LogP contribution in [0.15, 0.2) is 37.2 Å². The van der Waals surface area contributed by atoms with Gasteiger partial charge in [-0.25, -0.2) is 0 Å². The third-order valence-corrected chi connectivity index (χ3v) is 2.27. The number of aromatic nitrogens is 1. The van der Waals surface area contributed by atoms with E-state index >= 15 is 0 Å². The Bertz CT molecular complexity index is 249. The number of hydrogen-bond acceptors (Lipinski definition) is 1. The maximum absolute atomic E-state index is 3.88. The van der Waals surface area contributed by atoms with Crippen LogP contribution < -0.4 is 0 Å². The number of allylic oxidation sites excluding steroid dienone is 1. The molecule has 0 aromatic carbocycles. The van der Waals surface area contributed by atoms with Gasteiger partial charge in [0.05, 0.1) is 0 Å².